The first-order valence-electron chi connectivity index (χ1n) is 2.13. The third-order valence-electron chi connectivity index (χ3n) is 0.829. The largest absolute Gasteiger partial charge is 0.121 e. The molecule has 0 rings (SSSR count). The standard InChI is InChI=1S/C5H9Cl2/c1-4(6)5(2,3)7/h4H,2H2,1,3H3. The molecule has 1 radical (unpaired) electrons. The van der Waals surface area contributed by atoms with E-state index in [0.29, 0.717) is 0 Å². The maximum Gasteiger partial charge on any atom is 0.0579 e. The second kappa shape index (κ2) is 2.23. The topological polar surface area (TPSA) is 0 Å². The highest BCUT2D eigenvalue weighted by Crippen LogP contribution is 2.21. The summed E-state index contributed by atoms with van der Waals surface area (Å²) < 4.78 is 0. The quantitative estimate of drug-likeness (QED) is 0.490. The van der Waals surface area contributed by atoms with Crippen molar-refractivity contribution in [2.24, 2.45) is 0 Å². The van der Waals surface area contributed by atoms with Crippen LogP contribution in [0.4, 0.5) is 0 Å². The number of halogens is 2. The fourth-order valence-electron chi connectivity index (χ4n) is 0. The van der Waals surface area contributed by atoms with Crippen molar-refractivity contribution in [1.82, 2.24) is 0 Å². The lowest BCUT2D eigenvalue weighted by Gasteiger charge is -2.17. The van der Waals surface area contributed by atoms with E-state index >= 15 is 0 Å². The third kappa shape index (κ3) is 3.19. The lowest BCUT2D eigenvalue weighted by Crippen LogP contribution is -2.21. The van der Waals surface area contributed by atoms with E-state index in [2.05, 4.69) is 6.92 Å². The first-order valence-corrected chi connectivity index (χ1v) is 2.94. The molecule has 0 amide bonds. The van der Waals surface area contributed by atoms with Crippen molar-refractivity contribution >= 4 is 23.2 Å². The maximum atomic E-state index is 5.62. The zero-order valence-electron chi connectivity index (χ0n) is 4.54. The fourth-order valence-corrected chi connectivity index (χ4v) is 0. The van der Waals surface area contributed by atoms with Crippen LogP contribution in [0.25, 0.3) is 0 Å². The van der Waals surface area contributed by atoms with Gasteiger partial charge >= 0.3 is 0 Å². The van der Waals surface area contributed by atoms with Gasteiger partial charge in [0.25, 0.3) is 0 Å². The minimum atomic E-state index is -0.512. The Balaban J connectivity index is 3.54. The molecule has 0 aliphatic carbocycles. The molecule has 0 aliphatic rings. The van der Waals surface area contributed by atoms with Crippen LogP contribution in [-0.4, -0.2) is 10.3 Å². The maximum absolute atomic E-state index is 5.62. The van der Waals surface area contributed by atoms with E-state index in [4.69, 9.17) is 23.2 Å². The van der Waals surface area contributed by atoms with E-state index in [9.17, 15) is 0 Å². The molecule has 0 aromatic carbocycles. The van der Waals surface area contributed by atoms with Crippen molar-refractivity contribution < 1.29 is 0 Å². The van der Waals surface area contributed by atoms with Crippen LogP contribution in [0.5, 0.6) is 0 Å². The highest BCUT2D eigenvalue weighted by atomic mass is 35.5. The van der Waals surface area contributed by atoms with Crippen molar-refractivity contribution in [3.8, 4) is 0 Å². The summed E-state index contributed by atoms with van der Waals surface area (Å²) in [6.45, 7) is 7.21. The second-order valence-corrected chi connectivity index (χ2v) is 3.41. The summed E-state index contributed by atoms with van der Waals surface area (Å²) in [5.74, 6) is 0. The van der Waals surface area contributed by atoms with Gasteiger partial charge in [0.15, 0.2) is 0 Å². The molecule has 2 unspecified atom stereocenters. The van der Waals surface area contributed by atoms with Crippen LogP contribution in [0.1, 0.15) is 13.8 Å². The van der Waals surface area contributed by atoms with Gasteiger partial charge in [-0.25, -0.2) is 0 Å². The van der Waals surface area contributed by atoms with Crippen LogP contribution in [0.3, 0.4) is 0 Å². The molecular formula is C5H9Cl2. The van der Waals surface area contributed by atoms with Gasteiger partial charge in [0, 0.05) is 5.38 Å². The van der Waals surface area contributed by atoms with Gasteiger partial charge in [0.05, 0.1) is 4.87 Å². The molecule has 0 saturated carbocycles. The molecule has 0 aromatic heterocycles. The number of hydrogen-bond acceptors (Lipinski definition) is 0. The smallest absolute Gasteiger partial charge is 0.0579 e. The minimum absolute atomic E-state index is 0.0748. The Morgan fingerprint density at radius 3 is 1.86 bits per heavy atom. The molecule has 0 saturated heterocycles. The van der Waals surface area contributed by atoms with E-state index in [1.165, 1.54) is 0 Å². The summed E-state index contributed by atoms with van der Waals surface area (Å²) in [4.78, 5) is -0.512. The second-order valence-electron chi connectivity index (χ2n) is 1.89. The predicted octanol–water partition coefficient (Wildman–Crippen LogP) is 2.45. The Bertz CT molecular complexity index is 51.6. The monoisotopic (exact) mass is 139 g/mol. The molecule has 2 atom stereocenters. The van der Waals surface area contributed by atoms with E-state index in [1.807, 2.05) is 6.92 Å². The Labute approximate surface area is 54.8 Å². The molecule has 0 heterocycles. The Kier molecular flexibility index (Phi) is 2.42. The fraction of sp³-hybridized carbons (Fsp3) is 0.800. The number of rotatable bonds is 1. The highest BCUT2D eigenvalue weighted by molar-refractivity contribution is 6.32. The Morgan fingerprint density at radius 2 is 1.86 bits per heavy atom. The molecule has 43 valence electrons. The average Bonchev–Trinajstić information content (AvgIpc) is 1.31. The van der Waals surface area contributed by atoms with Crippen molar-refractivity contribution in [1.29, 1.82) is 0 Å². The lowest BCUT2D eigenvalue weighted by molar-refractivity contribution is 0.747. The first kappa shape index (κ1) is 7.58. The molecule has 0 fully saturated rings. The van der Waals surface area contributed by atoms with Crippen molar-refractivity contribution in [3.05, 3.63) is 6.92 Å². The SMILES string of the molecule is [CH2]C(C)(Cl)C(C)Cl. The number of hydrogen-bond donors (Lipinski definition) is 0. The van der Waals surface area contributed by atoms with Crippen LogP contribution in [0.15, 0.2) is 0 Å². The first-order chi connectivity index (χ1) is 2.94. The molecule has 0 nitrogen and oxygen atoms in total. The lowest BCUT2D eigenvalue weighted by atomic mass is 10.1. The van der Waals surface area contributed by atoms with Crippen LogP contribution in [0.2, 0.25) is 0 Å². The Hall–Kier alpha value is 0.580. The molecule has 0 spiro atoms. The highest BCUT2D eigenvalue weighted by Gasteiger charge is 2.19. The average molecular weight is 140 g/mol. The summed E-state index contributed by atoms with van der Waals surface area (Å²) in [7, 11) is 0. The molecule has 0 bridgehead atoms. The summed E-state index contributed by atoms with van der Waals surface area (Å²) in [6.07, 6.45) is 0. The van der Waals surface area contributed by atoms with Crippen LogP contribution < -0.4 is 0 Å². The summed E-state index contributed by atoms with van der Waals surface area (Å²) in [5.41, 5.74) is 0. The van der Waals surface area contributed by atoms with E-state index < -0.39 is 4.87 Å². The normalized spacial score (nSPS) is 16.7. The summed E-state index contributed by atoms with van der Waals surface area (Å²) in [5, 5.41) is -0.0748. The summed E-state index contributed by atoms with van der Waals surface area (Å²) >= 11 is 11.2. The van der Waals surface area contributed by atoms with Crippen LogP contribution in [0, 0.1) is 6.92 Å². The van der Waals surface area contributed by atoms with Gasteiger partial charge in [-0.15, -0.1) is 23.2 Å². The van der Waals surface area contributed by atoms with E-state index in [-0.39, 0.29) is 5.38 Å². The van der Waals surface area contributed by atoms with Gasteiger partial charge in [0.2, 0.25) is 0 Å². The molecule has 0 aromatic rings. The van der Waals surface area contributed by atoms with Crippen LogP contribution in [-0.2, 0) is 0 Å². The number of alkyl halides is 2. The van der Waals surface area contributed by atoms with Gasteiger partial charge in [-0.05, 0) is 20.8 Å². The molecule has 0 aliphatic heterocycles. The van der Waals surface area contributed by atoms with Gasteiger partial charge < -0.3 is 0 Å². The molecule has 0 N–H and O–H groups in total. The van der Waals surface area contributed by atoms with Crippen LogP contribution >= 0.6 is 23.2 Å². The van der Waals surface area contributed by atoms with E-state index in [1.54, 1.807) is 6.92 Å². The van der Waals surface area contributed by atoms with Gasteiger partial charge in [-0.3, -0.25) is 0 Å². The third-order valence-corrected chi connectivity index (χ3v) is 1.75. The predicted molar refractivity (Wildman–Crippen MR) is 34.9 cm³/mol. The van der Waals surface area contributed by atoms with Crippen molar-refractivity contribution in [2.45, 2.75) is 24.1 Å². The summed E-state index contributed by atoms with van der Waals surface area (Å²) in [6, 6.07) is 0. The molecule has 2 heteroatoms. The molecule has 7 heavy (non-hydrogen) atoms. The minimum Gasteiger partial charge on any atom is -0.121 e. The van der Waals surface area contributed by atoms with Crippen molar-refractivity contribution in [3.63, 3.8) is 0 Å². The Morgan fingerprint density at radius 1 is 1.71 bits per heavy atom. The van der Waals surface area contributed by atoms with Gasteiger partial charge in [-0.1, -0.05) is 0 Å². The molecular weight excluding hydrogens is 131 g/mol. The van der Waals surface area contributed by atoms with Gasteiger partial charge in [-0.2, -0.15) is 0 Å². The van der Waals surface area contributed by atoms with Crippen molar-refractivity contribution in [2.75, 3.05) is 0 Å². The van der Waals surface area contributed by atoms with E-state index in [0.717, 1.165) is 0 Å². The zero-order chi connectivity index (χ0) is 6.08. The zero-order valence-corrected chi connectivity index (χ0v) is 6.05. The van der Waals surface area contributed by atoms with Gasteiger partial charge in [0.1, 0.15) is 0 Å².